The molecule has 1 aliphatic heterocycles. The molecule has 1 aliphatic rings. The van der Waals surface area contributed by atoms with Crippen LogP contribution in [0.25, 0.3) is 0 Å². The fourth-order valence-corrected chi connectivity index (χ4v) is 4.83. The Hall–Kier alpha value is -1.08. The Kier molecular flexibility index (Phi) is 5.49. The van der Waals surface area contributed by atoms with Crippen molar-refractivity contribution in [3.8, 4) is 5.75 Å². The maximum Gasteiger partial charge on any atom is 0.320 e. The SMILES string of the molecule is COc1ccc(Br)cc1C(c1ccc(Cl)s1)N1CCCC1C(=O)O. The first-order valence-electron chi connectivity index (χ1n) is 7.58. The second-order valence-corrected chi connectivity index (χ2v) is 8.33. The number of hydrogen-bond donors (Lipinski definition) is 1. The standard InChI is InChI=1S/C17H17BrClNO3S/c1-23-13-5-4-10(18)9-11(13)16(14-6-7-15(19)24-14)20-8-2-3-12(20)17(21)22/h4-7,9,12,16H,2-3,8H2,1H3,(H,21,22). The average Bonchev–Trinajstić information content (AvgIpc) is 3.18. The van der Waals surface area contributed by atoms with E-state index in [-0.39, 0.29) is 6.04 Å². The summed E-state index contributed by atoms with van der Waals surface area (Å²) in [4.78, 5) is 14.8. The number of nitrogens with zero attached hydrogens (tertiary/aromatic N) is 1. The fraction of sp³-hybridized carbons (Fsp3) is 0.353. The van der Waals surface area contributed by atoms with E-state index >= 15 is 0 Å². The van der Waals surface area contributed by atoms with Crippen LogP contribution in [0, 0.1) is 0 Å². The van der Waals surface area contributed by atoms with E-state index in [0.29, 0.717) is 10.8 Å². The Morgan fingerprint density at radius 1 is 1.46 bits per heavy atom. The van der Waals surface area contributed by atoms with Crippen LogP contribution in [0.5, 0.6) is 5.75 Å². The lowest BCUT2D eigenvalue weighted by molar-refractivity contribution is -0.142. The molecule has 1 aromatic heterocycles. The Morgan fingerprint density at radius 3 is 2.88 bits per heavy atom. The number of likely N-dealkylation sites (tertiary alicyclic amines) is 1. The quantitative estimate of drug-likeness (QED) is 0.739. The number of methoxy groups -OCH3 is 1. The number of thiophene rings is 1. The molecule has 0 spiro atoms. The average molecular weight is 431 g/mol. The molecule has 0 radical (unpaired) electrons. The minimum Gasteiger partial charge on any atom is -0.496 e. The molecular formula is C17H17BrClNO3S. The van der Waals surface area contributed by atoms with Gasteiger partial charge in [-0.25, -0.2) is 0 Å². The van der Waals surface area contributed by atoms with Gasteiger partial charge in [0.2, 0.25) is 0 Å². The molecule has 2 heterocycles. The monoisotopic (exact) mass is 429 g/mol. The molecule has 1 aromatic carbocycles. The molecule has 1 saturated heterocycles. The molecular weight excluding hydrogens is 414 g/mol. The van der Waals surface area contributed by atoms with Gasteiger partial charge in [0, 0.05) is 21.5 Å². The third kappa shape index (κ3) is 3.47. The molecule has 2 atom stereocenters. The molecule has 0 saturated carbocycles. The first kappa shape index (κ1) is 17.7. The second-order valence-electron chi connectivity index (χ2n) is 5.66. The number of halogens is 2. The summed E-state index contributed by atoms with van der Waals surface area (Å²) in [5.41, 5.74) is 0.943. The van der Waals surface area contributed by atoms with Crippen molar-refractivity contribution in [2.24, 2.45) is 0 Å². The summed E-state index contributed by atoms with van der Waals surface area (Å²) in [6, 6.07) is 8.93. The zero-order chi connectivity index (χ0) is 17.3. The molecule has 2 aromatic rings. The van der Waals surface area contributed by atoms with Crippen molar-refractivity contribution in [3.63, 3.8) is 0 Å². The maximum absolute atomic E-state index is 11.7. The van der Waals surface area contributed by atoms with Crippen molar-refractivity contribution < 1.29 is 14.6 Å². The molecule has 7 heteroatoms. The third-order valence-corrected chi connectivity index (χ3v) is 6.04. The summed E-state index contributed by atoms with van der Waals surface area (Å²) >= 11 is 11.1. The van der Waals surface area contributed by atoms with E-state index in [0.717, 1.165) is 33.6 Å². The van der Waals surface area contributed by atoms with Crippen molar-refractivity contribution in [1.82, 2.24) is 4.90 Å². The number of carbonyl (C=O) groups is 1. The van der Waals surface area contributed by atoms with Crippen molar-refractivity contribution in [2.75, 3.05) is 13.7 Å². The van der Waals surface area contributed by atoms with Gasteiger partial charge < -0.3 is 9.84 Å². The van der Waals surface area contributed by atoms with Gasteiger partial charge in [-0.3, -0.25) is 9.69 Å². The smallest absolute Gasteiger partial charge is 0.320 e. The van der Waals surface area contributed by atoms with Crippen LogP contribution >= 0.6 is 38.9 Å². The van der Waals surface area contributed by atoms with Crippen LogP contribution < -0.4 is 4.74 Å². The van der Waals surface area contributed by atoms with E-state index in [4.69, 9.17) is 16.3 Å². The molecule has 0 aliphatic carbocycles. The maximum atomic E-state index is 11.7. The van der Waals surface area contributed by atoms with Crippen LogP contribution in [0.15, 0.2) is 34.8 Å². The number of ether oxygens (including phenoxy) is 1. The molecule has 128 valence electrons. The number of rotatable bonds is 5. The van der Waals surface area contributed by atoms with Gasteiger partial charge in [-0.1, -0.05) is 27.5 Å². The van der Waals surface area contributed by atoms with Crippen LogP contribution in [-0.2, 0) is 4.79 Å². The van der Waals surface area contributed by atoms with Gasteiger partial charge in [-0.05, 0) is 43.2 Å². The minimum absolute atomic E-state index is 0.196. The predicted octanol–water partition coefficient (Wildman–Crippen LogP) is 4.81. The Bertz CT molecular complexity index is 751. The molecule has 2 unspecified atom stereocenters. The van der Waals surface area contributed by atoms with Crippen molar-refractivity contribution >= 4 is 44.8 Å². The van der Waals surface area contributed by atoms with Gasteiger partial charge in [0.15, 0.2) is 0 Å². The van der Waals surface area contributed by atoms with Crippen LogP contribution in [0.3, 0.4) is 0 Å². The summed E-state index contributed by atoms with van der Waals surface area (Å²) in [5, 5.41) is 9.61. The summed E-state index contributed by atoms with van der Waals surface area (Å²) in [6.45, 7) is 0.729. The highest BCUT2D eigenvalue weighted by Crippen LogP contribution is 2.43. The van der Waals surface area contributed by atoms with E-state index in [1.54, 1.807) is 7.11 Å². The summed E-state index contributed by atoms with van der Waals surface area (Å²) < 4.78 is 7.16. The lowest BCUT2D eigenvalue weighted by Crippen LogP contribution is -2.39. The number of hydrogen-bond acceptors (Lipinski definition) is 4. The Morgan fingerprint density at radius 2 is 2.25 bits per heavy atom. The third-order valence-electron chi connectivity index (χ3n) is 4.26. The summed E-state index contributed by atoms with van der Waals surface area (Å²) in [6.07, 6.45) is 1.52. The van der Waals surface area contributed by atoms with Crippen molar-refractivity contribution in [3.05, 3.63) is 49.6 Å². The normalized spacial score (nSPS) is 19.4. The molecule has 1 N–H and O–H groups in total. The predicted molar refractivity (Wildman–Crippen MR) is 99.2 cm³/mol. The number of benzene rings is 1. The highest BCUT2D eigenvalue weighted by molar-refractivity contribution is 9.10. The van der Waals surface area contributed by atoms with Crippen molar-refractivity contribution in [2.45, 2.75) is 24.9 Å². The van der Waals surface area contributed by atoms with Crippen molar-refractivity contribution in [1.29, 1.82) is 0 Å². The topological polar surface area (TPSA) is 49.8 Å². The molecule has 4 nitrogen and oxygen atoms in total. The molecule has 24 heavy (non-hydrogen) atoms. The van der Waals surface area contributed by atoms with Gasteiger partial charge in [0.25, 0.3) is 0 Å². The zero-order valence-corrected chi connectivity index (χ0v) is 16.2. The van der Waals surface area contributed by atoms with E-state index in [9.17, 15) is 9.90 Å². The molecule has 1 fully saturated rings. The lowest BCUT2D eigenvalue weighted by atomic mass is 10.0. The van der Waals surface area contributed by atoms with E-state index in [2.05, 4.69) is 15.9 Å². The second kappa shape index (κ2) is 7.44. The van der Waals surface area contributed by atoms with Gasteiger partial charge in [-0.15, -0.1) is 11.3 Å². The minimum atomic E-state index is -0.783. The Labute approximate surface area is 158 Å². The van der Waals surface area contributed by atoms with Gasteiger partial charge in [-0.2, -0.15) is 0 Å². The van der Waals surface area contributed by atoms with E-state index in [1.165, 1.54) is 11.3 Å². The number of aliphatic carboxylic acids is 1. The largest absolute Gasteiger partial charge is 0.496 e. The van der Waals surface area contributed by atoms with E-state index in [1.807, 2.05) is 35.2 Å². The zero-order valence-electron chi connectivity index (χ0n) is 13.0. The molecule has 0 bridgehead atoms. The van der Waals surface area contributed by atoms with Gasteiger partial charge in [0.05, 0.1) is 17.5 Å². The highest BCUT2D eigenvalue weighted by Gasteiger charge is 2.38. The summed E-state index contributed by atoms with van der Waals surface area (Å²) in [7, 11) is 1.63. The fourth-order valence-electron chi connectivity index (χ4n) is 3.25. The van der Waals surface area contributed by atoms with Gasteiger partial charge >= 0.3 is 5.97 Å². The van der Waals surface area contributed by atoms with Crippen LogP contribution in [0.2, 0.25) is 4.34 Å². The number of carboxylic acids is 1. The van der Waals surface area contributed by atoms with Crippen LogP contribution in [0.4, 0.5) is 0 Å². The molecule has 0 amide bonds. The number of carboxylic acid groups (broad SMARTS) is 1. The van der Waals surface area contributed by atoms with Gasteiger partial charge in [0.1, 0.15) is 11.8 Å². The van der Waals surface area contributed by atoms with Crippen LogP contribution in [0.1, 0.15) is 29.3 Å². The molecule has 3 rings (SSSR count). The first-order valence-corrected chi connectivity index (χ1v) is 9.57. The van der Waals surface area contributed by atoms with E-state index < -0.39 is 12.0 Å². The lowest BCUT2D eigenvalue weighted by Gasteiger charge is -2.31. The summed E-state index contributed by atoms with van der Waals surface area (Å²) in [5.74, 6) is -0.0436. The van der Waals surface area contributed by atoms with Crippen LogP contribution in [-0.4, -0.2) is 35.7 Å². The first-order chi connectivity index (χ1) is 11.5. The highest BCUT2D eigenvalue weighted by atomic mass is 79.9. The Balaban J connectivity index is 2.13.